The van der Waals surface area contributed by atoms with Crippen LogP contribution in [0.5, 0.6) is 0 Å². The van der Waals surface area contributed by atoms with E-state index in [0.717, 1.165) is 6.42 Å². The number of hydrogen-bond acceptors (Lipinski definition) is 0. The summed E-state index contributed by atoms with van der Waals surface area (Å²) in [5.74, 6) is 2.57. The van der Waals surface area contributed by atoms with Gasteiger partial charge in [-0.15, -0.1) is 12.3 Å². The third-order valence-electron chi connectivity index (χ3n) is 0.675. The van der Waals surface area contributed by atoms with Crippen LogP contribution in [0.2, 0.25) is 0 Å². The van der Waals surface area contributed by atoms with Gasteiger partial charge in [-0.1, -0.05) is 13.3 Å². The van der Waals surface area contributed by atoms with E-state index in [-0.39, 0.29) is 29.6 Å². The van der Waals surface area contributed by atoms with E-state index in [0.29, 0.717) is 0 Å². The molecule has 0 aliphatic carbocycles. The predicted molar refractivity (Wildman–Crippen MR) is 28.4 cm³/mol. The Morgan fingerprint density at radius 2 is 2.14 bits per heavy atom. The van der Waals surface area contributed by atoms with E-state index in [1.54, 1.807) is 0 Å². The third-order valence-corrected chi connectivity index (χ3v) is 0.675. The maximum absolute atomic E-state index is 4.96. The second-order valence-electron chi connectivity index (χ2n) is 1.31. The first-order valence-electron chi connectivity index (χ1n) is 2.35. The Bertz CT molecular complexity index is 51.7. The van der Waals surface area contributed by atoms with Crippen LogP contribution in [-0.4, -0.2) is 0 Å². The average molecular weight is 105 g/mol. The molecule has 0 aromatic heterocycles. The summed E-state index contributed by atoms with van der Waals surface area (Å²) >= 11 is 0. The quantitative estimate of drug-likeness (QED) is 0.235. The summed E-state index contributed by atoms with van der Waals surface area (Å²) in [7, 11) is 0. The van der Waals surface area contributed by atoms with Crippen LogP contribution in [0.25, 0.3) is 0 Å². The minimum Gasteiger partial charge on any atom is -0.120 e. The first-order valence-corrected chi connectivity index (χ1v) is 2.35. The fourth-order valence-electron chi connectivity index (χ4n) is 0.279. The largest absolute Gasteiger partial charge is 1.00 e. The summed E-state index contributed by atoms with van der Waals surface area (Å²) in [6.07, 6.45) is 8.30. The smallest absolute Gasteiger partial charge is 0.120 e. The predicted octanol–water partition coefficient (Wildman–Crippen LogP) is -1.19. The van der Waals surface area contributed by atoms with Crippen molar-refractivity contribution in [3.05, 3.63) is 0 Å². The van der Waals surface area contributed by atoms with Crippen LogP contribution in [0.15, 0.2) is 0 Å². The zero-order valence-corrected chi connectivity index (χ0v) is 7.20. The van der Waals surface area contributed by atoms with Crippen LogP contribution >= 0.6 is 0 Å². The van der Waals surface area contributed by atoms with Crippen molar-refractivity contribution < 1.29 is 29.6 Å². The normalized spacial score (nSPS) is 6.29. The van der Waals surface area contributed by atoms with Crippen molar-refractivity contribution in [1.82, 2.24) is 0 Å². The Balaban J connectivity index is 0. The van der Waals surface area contributed by atoms with Crippen LogP contribution in [0.1, 0.15) is 26.2 Å². The molecule has 0 aromatic rings. The van der Waals surface area contributed by atoms with Crippen molar-refractivity contribution in [3.8, 4) is 12.3 Å². The summed E-state index contributed by atoms with van der Waals surface area (Å²) in [4.78, 5) is 0. The van der Waals surface area contributed by atoms with Crippen LogP contribution < -0.4 is 29.6 Å². The molecular formula is C6H10Na+. The zero-order valence-electron chi connectivity index (χ0n) is 5.20. The monoisotopic (exact) mass is 105 g/mol. The SMILES string of the molecule is C#CCCCC.[Na+]. The third kappa shape index (κ3) is 10.8. The molecule has 7 heavy (non-hydrogen) atoms. The number of hydrogen-bond donors (Lipinski definition) is 0. The molecule has 0 atom stereocenters. The molecule has 0 N–H and O–H groups in total. The van der Waals surface area contributed by atoms with E-state index in [1.165, 1.54) is 12.8 Å². The van der Waals surface area contributed by atoms with Gasteiger partial charge in [0.25, 0.3) is 0 Å². The Kier molecular flexibility index (Phi) is 14.7. The Labute approximate surface area is 68.0 Å². The van der Waals surface area contributed by atoms with Crippen LogP contribution in [-0.2, 0) is 0 Å². The fourth-order valence-corrected chi connectivity index (χ4v) is 0.279. The van der Waals surface area contributed by atoms with Gasteiger partial charge in [0, 0.05) is 6.42 Å². The van der Waals surface area contributed by atoms with Crippen LogP contribution in [0.3, 0.4) is 0 Å². The van der Waals surface area contributed by atoms with Gasteiger partial charge in [-0.2, -0.15) is 0 Å². The topological polar surface area (TPSA) is 0 Å². The first-order chi connectivity index (χ1) is 2.91. The first kappa shape index (κ1) is 10.5. The van der Waals surface area contributed by atoms with Crippen molar-refractivity contribution in [2.45, 2.75) is 26.2 Å². The molecule has 0 unspecified atom stereocenters. The molecule has 1 heteroatoms. The molecule has 0 radical (unpaired) electrons. The van der Waals surface area contributed by atoms with Crippen LogP contribution in [0, 0.1) is 12.3 Å². The van der Waals surface area contributed by atoms with Crippen molar-refractivity contribution >= 4 is 0 Å². The number of rotatable bonds is 2. The molecule has 0 saturated heterocycles. The van der Waals surface area contributed by atoms with Gasteiger partial charge in [0.05, 0.1) is 0 Å². The number of terminal acetylenes is 1. The molecule has 0 amide bonds. The molecule has 0 spiro atoms. The van der Waals surface area contributed by atoms with Crippen molar-refractivity contribution in [3.63, 3.8) is 0 Å². The molecule has 0 fully saturated rings. The van der Waals surface area contributed by atoms with Crippen LogP contribution in [0.4, 0.5) is 0 Å². The number of unbranched alkanes of at least 4 members (excludes halogenated alkanes) is 2. The fraction of sp³-hybridized carbons (Fsp3) is 0.667. The Morgan fingerprint density at radius 3 is 2.29 bits per heavy atom. The van der Waals surface area contributed by atoms with Gasteiger partial charge in [0.2, 0.25) is 0 Å². The van der Waals surface area contributed by atoms with Gasteiger partial charge in [0.15, 0.2) is 0 Å². The van der Waals surface area contributed by atoms with Gasteiger partial charge < -0.3 is 0 Å². The summed E-state index contributed by atoms with van der Waals surface area (Å²) < 4.78 is 0. The average Bonchev–Trinajstić information content (AvgIpc) is 1.61. The van der Waals surface area contributed by atoms with Gasteiger partial charge in [0.1, 0.15) is 0 Å². The van der Waals surface area contributed by atoms with Crippen molar-refractivity contribution in [1.29, 1.82) is 0 Å². The Hall–Kier alpha value is 0.560. The van der Waals surface area contributed by atoms with E-state index in [2.05, 4.69) is 12.8 Å². The second-order valence-corrected chi connectivity index (χ2v) is 1.31. The van der Waals surface area contributed by atoms with Gasteiger partial charge in [-0.25, -0.2) is 0 Å². The van der Waals surface area contributed by atoms with E-state index < -0.39 is 0 Å². The minimum atomic E-state index is 0. The van der Waals surface area contributed by atoms with Gasteiger partial charge in [-0.3, -0.25) is 0 Å². The summed E-state index contributed by atoms with van der Waals surface area (Å²) in [6.45, 7) is 2.14. The molecule has 0 nitrogen and oxygen atoms in total. The molecule has 0 heterocycles. The zero-order chi connectivity index (χ0) is 4.83. The molecule has 0 rings (SSSR count). The molecule has 34 valence electrons. The summed E-state index contributed by atoms with van der Waals surface area (Å²) in [5, 5.41) is 0. The standard InChI is InChI=1S/C6H10.Na/c1-3-5-6-4-2;/h1H,4-6H2,2H3;/q;+1. The second kappa shape index (κ2) is 9.75. The minimum absolute atomic E-state index is 0. The van der Waals surface area contributed by atoms with E-state index >= 15 is 0 Å². The molecule has 0 aliphatic heterocycles. The molecule has 0 aromatic carbocycles. The van der Waals surface area contributed by atoms with E-state index in [1.807, 2.05) is 0 Å². The van der Waals surface area contributed by atoms with Gasteiger partial charge >= 0.3 is 29.6 Å². The van der Waals surface area contributed by atoms with E-state index in [9.17, 15) is 0 Å². The molecule has 0 saturated carbocycles. The summed E-state index contributed by atoms with van der Waals surface area (Å²) in [5.41, 5.74) is 0. The molecule has 0 bridgehead atoms. The molecular weight excluding hydrogens is 95.1 g/mol. The van der Waals surface area contributed by atoms with E-state index in [4.69, 9.17) is 6.42 Å². The maximum Gasteiger partial charge on any atom is 1.00 e. The summed E-state index contributed by atoms with van der Waals surface area (Å²) in [6, 6.07) is 0. The van der Waals surface area contributed by atoms with Gasteiger partial charge in [-0.05, 0) is 6.42 Å². The van der Waals surface area contributed by atoms with Crippen molar-refractivity contribution in [2.75, 3.05) is 0 Å². The molecule has 0 aliphatic rings. The Morgan fingerprint density at radius 1 is 1.57 bits per heavy atom. The van der Waals surface area contributed by atoms with Crippen molar-refractivity contribution in [2.24, 2.45) is 0 Å². The maximum atomic E-state index is 4.96.